The molecule has 0 radical (unpaired) electrons. The molecule has 2 aliphatic heterocycles. The lowest BCUT2D eigenvalue weighted by Gasteiger charge is -2.31. The molecule has 3 heterocycles. The fourth-order valence-corrected chi connectivity index (χ4v) is 4.92. The number of hydrogen-bond donors (Lipinski definition) is 0. The van der Waals surface area contributed by atoms with Crippen LogP contribution >= 0.6 is 11.6 Å². The van der Waals surface area contributed by atoms with E-state index >= 15 is 0 Å². The topological polar surface area (TPSA) is 81.5 Å². The highest BCUT2D eigenvalue weighted by Crippen LogP contribution is 2.44. The summed E-state index contributed by atoms with van der Waals surface area (Å²) >= 11 is 6.17. The second-order valence-electron chi connectivity index (χ2n) is 8.25. The second kappa shape index (κ2) is 9.29. The van der Waals surface area contributed by atoms with Gasteiger partial charge in [-0.2, -0.15) is 0 Å². The van der Waals surface area contributed by atoms with Crippen LogP contribution in [0.2, 0.25) is 5.02 Å². The molecule has 1 atom stereocenters. The van der Waals surface area contributed by atoms with E-state index in [-0.39, 0.29) is 22.7 Å². The molecule has 178 valence electrons. The predicted octanol–water partition coefficient (Wildman–Crippen LogP) is 3.34. The highest BCUT2D eigenvalue weighted by Gasteiger charge is 2.44. The van der Waals surface area contributed by atoms with Gasteiger partial charge in [0.1, 0.15) is 5.58 Å². The maximum absolute atomic E-state index is 13.7. The van der Waals surface area contributed by atoms with Crippen LogP contribution in [-0.2, 0) is 4.74 Å². The van der Waals surface area contributed by atoms with Crippen LogP contribution in [0, 0.1) is 0 Å². The van der Waals surface area contributed by atoms with Crippen LogP contribution in [0.4, 0.5) is 0 Å². The third kappa shape index (κ3) is 3.81. The van der Waals surface area contributed by atoms with Crippen molar-refractivity contribution < 1.29 is 23.4 Å². The number of nitrogens with zero attached hydrogens (tertiary/aromatic N) is 2. The van der Waals surface area contributed by atoms with E-state index in [4.69, 9.17) is 30.2 Å². The highest BCUT2D eigenvalue weighted by molar-refractivity contribution is 6.31. The lowest BCUT2D eigenvalue weighted by molar-refractivity contribution is 0.0314. The Morgan fingerprint density at radius 3 is 2.59 bits per heavy atom. The SMILES string of the molecule is COc1cccc([C@@H]2c3c(oc4ccc(Cl)cc4c3=O)C(=O)N2CCN2CCOCC2)c1OC. The van der Waals surface area contributed by atoms with Crippen LogP contribution in [0.25, 0.3) is 11.0 Å². The summed E-state index contributed by atoms with van der Waals surface area (Å²) in [7, 11) is 3.09. The van der Waals surface area contributed by atoms with Gasteiger partial charge in [-0.15, -0.1) is 0 Å². The number of ether oxygens (including phenoxy) is 3. The van der Waals surface area contributed by atoms with Crippen molar-refractivity contribution in [2.75, 3.05) is 53.6 Å². The van der Waals surface area contributed by atoms with Gasteiger partial charge in [-0.25, -0.2) is 0 Å². The maximum atomic E-state index is 13.7. The van der Waals surface area contributed by atoms with Crippen LogP contribution in [-0.4, -0.2) is 69.3 Å². The van der Waals surface area contributed by atoms with E-state index in [1.54, 1.807) is 43.4 Å². The van der Waals surface area contributed by atoms with Gasteiger partial charge in [0, 0.05) is 36.8 Å². The molecule has 0 aliphatic carbocycles. The fraction of sp³-hybridized carbons (Fsp3) is 0.360. The van der Waals surface area contributed by atoms with Crippen LogP contribution in [0.1, 0.15) is 27.7 Å². The molecule has 0 bridgehead atoms. The standard InChI is InChI=1S/C25H25ClN2O6/c1-31-19-5-3-4-16(23(19)32-2)21-20-22(29)17-14-15(26)6-7-18(17)34-24(20)25(30)28(21)9-8-27-10-12-33-13-11-27/h3-7,14,21H,8-13H2,1-2H3/t21-/m1/s1. The summed E-state index contributed by atoms with van der Waals surface area (Å²) in [4.78, 5) is 31.3. The van der Waals surface area contributed by atoms with E-state index < -0.39 is 6.04 Å². The number of benzene rings is 2. The first-order chi connectivity index (χ1) is 16.5. The van der Waals surface area contributed by atoms with Crippen LogP contribution < -0.4 is 14.9 Å². The normalized spacial score (nSPS) is 18.4. The molecule has 5 rings (SSSR count). The molecule has 8 nitrogen and oxygen atoms in total. The molecule has 1 saturated heterocycles. The molecule has 0 N–H and O–H groups in total. The second-order valence-corrected chi connectivity index (χ2v) is 8.69. The summed E-state index contributed by atoms with van der Waals surface area (Å²) in [6.07, 6.45) is 0. The third-order valence-electron chi connectivity index (χ3n) is 6.42. The Labute approximate surface area is 201 Å². The summed E-state index contributed by atoms with van der Waals surface area (Å²) in [6, 6.07) is 9.58. The van der Waals surface area contributed by atoms with E-state index in [1.807, 2.05) is 12.1 Å². The van der Waals surface area contributed by atoms with Gasteiger partial charge >= 0.3 is 0 Å². The van der Waals surface area contributed by atoms with Crippen molar-refractivity contribution in [3.8, 4) is 11.5 Å². The molecule has 2 aromatic carbocycles. The van der Waals surface area contributed by atoms with Gasteiger partial charge in [-0.05, 0) is 24.3 Å². The van der Waals surface area contributed by atoms with E-state index in [0.717, 1.165) is 13.1 Å². The number of halogens is 1. The number of para-hydroxylation sites is 1. The first kappa shape index (κ1) is 22.7. The van der Waals surface area contributed by atoms with Gasteiger partial charge < -0.3 is 23.5 Å². The Morgan fingerprint density at radius 1 is 1.06 bits per heavy atom. The van der Waals surface area contributed by atoms with Crippen LogP contribution in [0.3, 0.4) is 0 Å². The molecule has 9 heteroatoms. The van der Waals surface area contributed by atoms with Crippen molar-refractivity contribution >= 4 is 28.5 Å². The Hall–Kier alpha value is -3.07. The van der Waals surface area contributed by atoms with Crippen molar-refractivity contribution in [3.63, 3.8) is 0 Å². The number of hydrogen-bond acceptors (Lipinski definition) is 7. The van der Waals surface area contributed by atoms with Gasteiger partial charge in [0.25, 0.3) is 5.91 Å². The summed E-state index contributed by atoms with van der Waals surface area (Å²) < 4.78 is 22.6. The van der Waals surface area contributed by atoms with Crippen molar-refractivity contribution in [3.05, 3.63) is 68.5 Å². The van der Waals surface area contributed by atoms with Gasteiger partial charge in [-0.3, -0.25) is 14.5 Å². The molecule has 34 heavy (non-hydrogen) atoms. The minimum atomic E-state index is -0.687. The van der Waals surface area contributed by atoms with Gasteiger partial charge in [0.05, 0.1) is 44.4 Å². The number of rotatable bonds is 6. The number of morpholine rings is 1. The number of amides is 1. The van der Waals surface area contributed by atoms with Crippen molar-refractivity contribution in [2.24, 2.45) is 0 Å². The average molecular weight is 485 g/mol. The molecular weight excluding hydrogens is 460 g/mol. The van der Waals surface area contributed by atoms with Gasteiger partial charge in [-0.1, -0.05) is 23.7 Å². The van der Waals surface area contributed by atoms with E-state index in [0.29, 0.717) is 59.4 Å². The predicted molar refractivity (Wildman–Crippen MR) is 127 cm³/mol. The molecule has 3 aromatic rings. The Balaban J connectivity index is 1.67. The fourth-order valence-electron chi connectivity index (χ4n) is 4.75. The quantitative estimate of drug-likeness (QED) is 0.530. The van der Waals surface area contributed by atoms with Crippen molar-refractivity contribution in [1.29, 1.82) is 0 Å². The molecule has 2 aliphatic rings. The molecule has 1 amide bonds. The number of carbonyl (C=O) groups excluding carboxylic acids is 1. The zero-order valence-corrected chi connectivity index (χ0v) is 19.8. The number of carbonyl (C=O) groups is 1. The van der Waals surface area contributed by atoms with E-state index in [1.165, 1.54) is 0 Å². The molecule has 0 unspecified atom stereocenters. The lowest BCUT2D eigenvalue weighted by atomic mass is 9.97. The highest BCUT2D eigenvalue weighted by atomic mass is 35.5. The first-order valence-electron chi connectivity index (χ1n) is 11.1. The van der Waals surface area contributed by atoms with Crippen LogP contribution in [0.5, 0.6) is 11.5 Å². The monoisotopic (exact) mass is 484 g/mol. The molecule has 1 aromatic heterocycles. The zero-order valence-electron chi connectivity index (χ0n) is 19.0. The van der Waals surface area contributed by atoms with Gasteiger partial charge in [0.15, 0.2) is 16.9 Å². The largest absolute Gasteiger partial charge is 0.493 e. The Kier molecular flexibility index (Phi) is 6.20. The smallest absolute Gasteiger partial charge is 0.290 e. The van der Waals surface area contributed by atoms with E-state index in [2.05, 4.69) is 4.90 Å². The summed E-state index contributed by atoms with van der Waals surface area (Å²) in [5.41, 5.74) is 0.988. The minimum Gasteiger partial charge on any atom is -0.493 e. The van der Waals surface area contributed by atoms with Crippen molar-refractivity contribution in [2.45, 2.75) is 6.04 Å². The van der Waals surface area contributed by atoms with Gasteiger partial charge in [0.2, 0.25) is 5.76 Å². The van der Waals surface area contributed by atoms with Crippen LogP contribution in [0.15, 0.2) is 45.6 Å². The average Bonchev–Trinajstić information content (AvgIpc) is 3.14. The summed E-state index contributed by atoms with van der Waals surface area (Å²) in [5, 5.41) is 0.754. The van der Waals surface area contributed by atoms with Crippen molar-refractivity contribution in [1.82, 2.24) is 9.80 Å². The zero-order chi connectivity index (χ0) is 23.8. The third-order valence-corrected chi connectivity index (χ3v) is 6.65. The molecule has 0 saturated carbocycles. The molecule has 0 spiro atoms. The Bertz CT molecular complexity index is 1300. The first-order valence-corrected chi connectivity index (χ1v) is 11.5. The minimum absolute atomic E-state index is 0.0525. The summed E-state index contributed by atoms with van der Waals surface area (Å²) in [6.45, 7) is 3.96. The molecular formula is C25H25ClN2O6. The summed E-state index contributed by atoms with van der Waals surface area (Å²) in [5.74, 6) is 0.712. The molecule has 1 fully saturated rings. The van der Waals surface area contributed by atoms with E-state index in [9.17, 15) is 9.59 Å². The lowest BCUT2D eigenvalue weighted by Crippen LogP contribution is -2.42. The maximum Gasteiger partial charge on any atom is 0.290 e. The number of fused-ring (bicyclic) bond motifs is 2. The Morgan fingerprint density at radius 2 is 1.85 bits per heavy atom. The number of methoxy groups -OCH3 is 2.